The first kappa shape index (κ1) is 19.9. The number of benzene rings is 2. The fourth-order valence-electron chi connectivity index (χ4n) is 3.59. The van der Waals surface area contributed by atoms with Crippen LogP contribution in [0.5, 0.6) is 5.88 Å². The number of nitrogens with one attached hydrogen (secondary N) is 1. The highest BCUT2D eigenvalue weighted by Gasteiger charge is 2.40. The number of nitrogens with zero attached hydrogens (tertiary/aromatic N) is 2. The lowest BCUT2D eigenvalue weighted by Gasteiger charge is -2.40. The molecule has 2 aromatic carbocycles. The van der Waals surface area contributed by atoms with Crippen molar-refractivity contribution in [3.63, 3.8) is 0 Å². The Bertz CT molecular complexity index is 1000. The molecule has 1 heterocycles. The van der Waals surface area contributed by atoms with E-state index in [-0.39, 0.29) is 6.10 Å². The molecule has 0 saturated heterocycles. The number of ether oxygens (including phenoxy) is 2. The number of carbonyl (C=O) groups is 1. The molecular weight excluding hydrogens is 378 g/mol. The summed E-state index contributed by atoms with van der Waals surface area (Å²) in [7, 11) is 0. The molecule has 1 aliphatic carbocycles. The van der Waals surface area contributed by atoms with Gasteiger partial charge in [-0.25, -0.2) is 4.98 Å². The first-order valence-corrected chi connectivity index (χ1v) is 10.2. The molecule has 6 nitrogen and oxygen atoms in total. The monoisotopic (exact) mass is 403 g/mol. The second-order valence-electron chi connectivity index (χ2n) is 7.71. The van der Waals surface area contributed by atoms with Crippen LogP contribution in [0.25, 0.3) is 11.3 Å². The van der Waals surface area contributed by atoms with E-state index in [0.29, 0.717) is 18.3 Å². The van der Waals surface area contributed by atoms with E-state index in [1.54, 1.807) is 0 Å². The maximum absolute atomic E-state index is 10.9. The summed E-state index contributed by atoms with van der Waals surface area (Å²) in [6.45, 7) is 4.48. The van der Waals surface area contributed by atoms with Crippen molar-refractivity contribution in [1.29, 1.82) is 0 Å². The Morgan fingerprint density at radius 2 is 1.77 bits per heavy atom. The molecule has 4 rings (SSSR count). The van der Waals surface area contributed by atoms with Crippen molar-refractivity contribution in [2.75, 3.05) is 5.32 Å². The number of aromatic nitrogens is 2. The SMILES string of the molecule is CC(C)Oc1cc(-c2ccccc2)nc(Nc2ccc(C3(OC=O)CCC3)cc2)n1. The highest BCUT2D eigenvalue weighted by molar-refractivity contribution is 5.63. The Morgan fingerprint density at radius 1 is 1.03 bits per heavy atom. The van der Waals surface area contributed by atoms with Crippen LogP contribution in [0.15, 0.2) is 60.7 Å². The van der Waals surface area contributed by atoms with E-state index in [1.807, 2.05) is 74.5 Å². The van der Waals surface area contributed by atoms with E-state index in [4.69, 9.17) is 9.47 Å². The predicted octanol–water partition coefficient (Wildman–Crippen LogP) is 5.23. The molecule has 0 amide bonds. The number of hydrogen-bond donors (Lipinski definition) is 1. The summed E-state index contributed by atoms with van der Waals surface area (Å²) >= 11 is 0. The third-order valence-corrected chi connectivity index (χ3v) is 5.23. The lowest BCUT2D eigenvalue weighted by Crippen LogP contribution is -2.36. The van der Waals surface area contributed by atoms with Crippen LogP contribution in [0.4, 0.5) is 11.6 Å². The van der Waals surface area contributed by atoms with Crippen LogP contribution < -0.4 is 10.1 Å². The van der Waals surface area contributed by atoms with Gasteiger partial charge in [-0.2, -0.15) is 4.98 Å². The van der Waals surface area contributed by atoms with Gasteiger partial charge in [0.2, 0.25) is 11.8 Å². The van der Waals surface area contributed by atoms with E-state index < -0.39 is 5.60 Å². The summed E-state index contributed by atoms with van der Waals surface area (Å²) in [6.07, 6.45) is 2.78. The average Bonchev–Trinajstić information content (AvgIpc) is 2.71. The number of rotatable bonds is 8. The minimum atomic E-state index is -0.470. The summed E-state index contributed by atoms with van der Waals surface area (Å²) in [6, 6.07) is 19.6. The zero-order valence-corrected chi connectivity index (χ0v) is 17.2. The smallest absolute Gasteiger partial charge is 0.293 e. The van der Waals surface area contributed by atoms with Crippen molar-refractivity contribution in [3.05, 3.63) is 66.2 Å². The second kappa shape index (κ2) is 8.53. The van der Waals surface area contributed by atoms with Gasteiger partial charge in [0.1, 0.15) is 5.60 Å². The first-order chi connectivity index (χ1) is 14.6. The van der Waals surface area contributed by atoms with Gasteiger partial charge in [-0.05, 0) is 50.8 Å². The molecule has 3 aromatic rings. The van der Waals surface area contributed by atoms with Gasteiger partial charge >= 0.3 is 0 Å². The molecule has 1 fully saturated rings. The zero-order chi connectivity index (χ0) is 21.0. The van der Waals surface area contributed by atoms with Crippen molar-refractivity contribution < 1.29 is 14.3 Å². The fourth-order valence-corrected chi connectivity index (χ4v) is 3.59. The third-order valence-electron chi connectivity index (χ3n) is 5.23. The fraction of sp³-hybridized carbons (Fsp3) is 0.292. The van der Waals surface area contributed by atoms with Gasteiger partial charge in [0.05, 0.1) is 11.8 Å². The molecule has 0 spiro atoms. The van der Waals surface area contributed by atoms with E-state index in [2.05, 4.69) is 15.3 Å². The Kier molecular flexibility index (Phi) is 5.65. The molecule has 30 heavy (non-hydrogen) atoms. The number of carbonyl (C=O) groups excluding carboxylic acids is 1. The first-order valence-electron chi connectivity index (χ1n) is 10.2. The molecule has 6 heteroatoms. The van der Waals surface area contributed by atoms with Gasteiger partial charge in [0, 0.05) is 17.3 Å². The van der Waals surface area contributed by atoms with Crippen LogP contribution in [0, 0.1) is 0 Å². The zero-order valence-electron chi connectivity index (χ0n) is 17.2. The van der Waals surface area contributed by atoms with Crippen LogP contribution in [0.3, 0.4) is 0 Å². The minimum absolute atomic E-state index is 0.00661. The average molecular weight is 403 g/mol. The van der Waals surface area contributed by atoms with Crippen LogP contribution >= 0.6 is 0 Å². The predicted molar refractivity (Wildman–Crippen MR) is 116 cm³/mol. The minimum Gasteiger partial charge on any atom is -0.475 e. The van der Waals surface area contributed by atoms with E-state index in [0.717, 1.165) is 41.8 Å². The molecule has 1 saturated carbocycles. The summed E-state index contributed by atoms with van der Waals surface area (Å²) in [5.74, 6) is 0.980. The molecule has 1 aromatic heterocycles. The Labute approximate surface area is 176 Å². The largest absolute Gasteiger partial charge is 0.475 e. The van der Waals surface area contributed by atoms with Gasteiger partial charge in [-0.3, -0.25) is 4.79 Å². The Hall–Kier alpha value is -3.41. The standard InChI is InChI=1S/C24H25N3O3/c1-17(2)30-22-15-21(18-7-4-3-5-8-18)26-23(27-22)25-20-11-9-19(10-12-20)24(29-16-28)13-6-14-24/h3-5,7-12,15-17H,6,13-14H2,1-2H3,(H,25,26,27). The molecule has 154 valence electrons. The van der Waals surface area contributed by atoms with Crippen LogP contribution in [-0.4, -0.2) is 22.5 Å². The van der Waals surface area contributed by atoms with Gasteiger partial charge < -0.3 is 14.8 Å². The summed E-state index contributed by atoms with van der Waals surface area (Å²) in [5.41, 5.74) is 3.16. The molecule has 0 aliphatic heterocycles. The van der Waals surface area contributed by atoms with Gasteiger partial charge in [-0.1, -0.05) is 42.5 Å². The topological polar surface area (TPSA) is 73.3 Å². The highest BCUT2D eigenvalue weighted by atomic mass is 16.5. The van der Waals surface area contributed by atoms with Crippen LogP contribution in [0.1, 0.15) is 38.7 Å². The maximum Gasteiger partial charge on any atom is 0.293 e. The molecule has 1 N–H and O–H groups in total. The van der Waals surface area contributed by atoms with Crippen molar-refractivity contribution in [3.8, 4) is 17.1 Å². The van der Waals surface area contributed by atoms with Crippen LogP contribution in [-0.2, 0) is 15.1 Å². The van der Waals surface area contributed by atoms with Crippen LogP contribution in [0.2, 0.25) is 0 Å². The molecular formula is C24H25N3O3. The quantitative estimate of drug-likeness (QED) is 0.520. The molecule has 0 atom stereocenters. The Morgan fingerprint density at radius 3 is 2.37 bits per heavy atom. The van der Waals surface area contributed by atoms with Crippen molar-refractivity contribution in [2.45, 2.75) is 44.8 Å². The summed E-state index contributed by atoms with van der Waals surface area (Å²) in [5, 5.41) is 3.26. The molecule has 0 unspecified atom stereocenters. The number of anilines is 2. The highest BCUT2D eigenvalue weighted by Crippen LogP contribution is 2.44. The molecule has 0 bridgehead atoms. The van der Waals surface area contributed by atoms with Gasteiger partial charge in [0.25, 0.3) is 6.47 Å². The van der Waals surface area contributed by atoms with E-state index in [1.165, 1.54) is 0 Å². The molecule has 0 radical (unpaired) electrons. The summed E-state index contributed by atoms with van der Waals surface area (Å²) in [4.78, 5) is 20.1. The lowest BCUT2D eigenvalue weighted by molar-refractivity contribution is -0.155. The van der Waals surface area contributed by atoms with E-state index >= 15 is 0 Å². The van der Waals surface area contributed by atoms with Crippen molar-refractivity contribution >= 4 is 18.1 Å². The number of hydrogen-bond acceptors (Lipinski definition) is 6. The van der Waals surface area contributed by atoms with Gasteiger partial charge in [-0.15, -0.1) is 0 Å². The normalized spacial score (nSPS) is 14.6. The van der Waals surface area contributed by atoms with Crippen molar-refractivity contribution in [2.24, 2.45) is 0 Å². The Balaban J connectivity index is 1.59. The van der Waals surface area contributed by atoms with Gasteiger partial charge in [0.15, 0.2) is 0 Å². The van der Waals surface area contributed by atoms with E-state index in [9.17, 15) is 4.79 Å². The molecule has 1 aliphatic rings. The summed E-state index contributed by atoms with van der Waals surface area (Å²) < 4.78 is 11.2. The van der Waals surface area contributed by atoms with Crippen molar-refractivity contribution in [1.82, 2.24) is 9.97 Å². The third kappa shape index (κ3) is 4.27. The second-order valence-corrected chi connectivity index (χ2v) is 7.71. The maximum atomic E-state index is 10.9. The lowest BCUT2D eigenvalue weighted by atomic mass is 9.75.